The summed E-state index contributed by atoms with van der Waals surface area (Å²) in [4.78, 5) is 12.7. The minimum Gasteiger partial charge on any atom is -0.492 e. The minimum absolute atomic E-state index is 0.107. The summed E-state index contributed by atoms with van der Waals surface area (Å²) in [6.07, 6.45) is 2.60. The molecule has 0 aliphatic carbocycles. The number of amides is 1. The maximum absolute atomic E-state index is 12.7. The summed E-state index contributed by atoms with van der Waals surface area (Å²) < 4.78 is 36.2. The van der Waals surface area contributed by atoms with E-state index in [4.69, 9.17) is 9.47 Å². The van der Waals surface area contributed by atoms with Gasteiger partial charge in [0.15, 0.2) is 0 Å². The van der Waals surface area contributed by atoms with E-state index in [2.05, 4.69) is 10.0 Å². The highest BCUT2D eigenvalue weighted by Gasteiger charge is 2.22. The molecule has 0 bridgehead atoms. The first-order valence-corrected chi connectivity index (χ1v) is 11.5. The summed E-state index contributed by atoms with van der Waals surface area (Å²) in [6, 6.07) is 10.8. The molecule has 1 aliphatic heterocycles. The Balaban J connectivity index is 1.69. The van der Waals surface area contributed by atoms with Crippen LogP contribution in [0.1, 0.15) is 35.3 Å². The summed E-state index contributed by atoms with van der Waals surface area (Å²) in [7, 11) is -3.20. The Morgan fingerprint density at radius 3 is 2.62 bits per heavy atom. The Bertz CT molecular complexity index is 987. The molecular weight excluding hydrogens is 392 g/mol. The second-order valence-corrected chi connectivity index (χ2v) is 8.92. The van der Waals surface area contributed by atoms with Crippen LogP contribution in [0.25, 0.3) is 0 Å². The van der Waals surface area contributed by atoms with Gasteiger partial charge < -0.3 is 14.8 Å². The number of rotatable bonds is 8. The molecule has 7 nitrogen and oxygen atoms in total. The lowest BCUT2D eigenvalue weighted by molar-refractivity contribution is 0.102. The van der Waals surface area contributed by atoms with E-state index in [-0.39, 0.29) is 12.0 Å². The molecule has 1 atom stereocenters. The van der Waals surface area contributed by atoms with Gasteiger partial charge in [0.05, 0.1) is 18.6 Å². The molecule has 156 valence electrons. The van der Waals surface area contributed by atoms with E-state index in [1.165, 1.54) is 0 Å². The molecule has 3 rings (SSSR count). The first-order valence-electron chi connectivity index (χ1n) is 9.56. The lowest BCUT2D eigenvalue weighted by Gasteiger charge is -2.14. The maximum atomic E-state index is 12.7. The quantitative estimate of drug-likeness (QED) is 0.688. The number of anilines is 1. The predicted molar refractivity (Wildman–Crippen MR) is 112 cm³/mol. The van der Waals surface area contributed by atoms with Gasteiger partial charge in [-0.05, 0) is 44.0 Å². The van der Waals surface area contributed by atoms with Crippen molar-refractivity contribution < 1.29 is 22.7 Å². The van der Waals surface area contributed by atoms with Gasteiger partial charge in [-0.3, -0.25) is 4.79 Å². The monoisotopic (exact) mass is 418 g/mol. The summed E-state index contributed by atoms with van der Waals surface area (Å²) >= 11 is 0. The second kappa shape index (κ2) is 8.84. The third-order valence-electron chi connectivity index (χ3n) is 4.54. The number of ether oxygens (including phenoxy) is 2. The standard InChI is InChI=1S/C21H26N2O5S/c1-4-27-20-12-17-11-14(2)28-19(17)13-18(20)23-21(24)16-7-5-15(6-8-16)9-10-22-29(3,25)26/h5-8,12-14,22H,4,9-11H2,1-3H3,(H,23,24). The third-order valence-corrected chi connectivity index (χ3v) is 5.27. The summed E-state index contributed by atoms with van der Waals surface area (Å²) in [5, 5.41) is 2.90. The highest BCUT2D eigenvalue weighted by molar-refractivity contribution is 7.88. The van der Waals surface area contributed by atoms with Crippen LogP contribution < -0.4 is 19.5 Å². The van der Waals surface area contributed by atoms with Gasteiger partial charge in [-0.15, -0.1) is 0 Å². The van der Waals surface area contributed by atoms with Crippen LogP contribution in [0.3, 0.4) is 0 Å². The van der Waals surface area contributed by atoms with Gasteiger partial charge in [-0.25, -0.2) is 13.1 Å². The topological polar surface area (TPSA) is 93.7 Å². The molecule has 0 aromatic heterocycles. The van der Waals surface area contributed by atoms with Crippen molar-refractivity contribution in [1.82, 2.24) is 4.72 Å². The highest BCUT2D eigenvalue weighted by atomic mass is 32.2. The van der Waals surface area contributed by atoms with Crippen molar-refractivity contribution in [2.75, 3.05) is 24.7 Å². The zero-order chi connectivity index (χ0) is 21.0. The maximum Gasteiger partial charge on any atom is 0.255 e. The number of sulfonamides is 1. The number of carbonyl (C=O) groups is 1. The minimum atomic E-state index is -3.20. The lowest BCUT2D eigenvalue weighted by atomic mass is 10.1. The van der Waals surface area contributed by atoms with Gasteiger partial charge in [0, 0.05) is 30.2 Å². The van der Waals surface area contributed by atoms with Crippen molar-refractivity contribution in [1.29, 1.82) is 0 Å². The van der Waals surface area contributed by atoms with Gasteiger partial charge in [0.2, 0.25) is 10.0 Å². The molecule has 0 spiro atoms. The van der Waals surface area contributed by atoms with Crippen molar-refractivity contribution in [2.45, 2.75) is 32.8 Å². The van der Waals surface area contributed by atoms with Crippen LogP contribution >= 0.6 is 0 Å². The van der Waals surface area contributed by atoms with E-state index in [1.807, 2.05) is 38.1 Å². The fourth-order valence-electron chi connectivity index (χ4n) is 3.21. The molecule has 1 heterocycles. The lowest BCUT2D eigenvalue weighted by Crippen LogP contribution is -2.24. The second-order valence-electron chi connectivity index (χ2n) is 7.09. The Labute approximate surface area is 171 Å². The van der Waals surface area contributed by atoms with E-state index >= 15 is 0 Å². The first-order chi connectivity index (χ1) is 13.7. The Hall–Kier alpha value is -2.58. The largest absolute Gasteiger partial charge is 0.492 e. The van der Waals surface area contributed by atoms with Gasteiger partial charge in [0.1, 0.15) is 17.6 Å². The van der Waals surface area contributed by atoms with Gasteiger partial charge in [-0.2, -0.15) is 0 Å². The molecule has 1 aliphatic rings. The molecule has 0 radical (unpaired) electrons. The van der Waals surface area contributed by atoms with Crippen molar-refractivity contribution in [3.8, 4) is 11.5 Å². The van der Waals surface area contributed by atoms with E-state index < -0.39 is 10.0 Å². The van der Waals surface area contributed by atoms with Crippen LogP contribution in [0.15, 0.2) is 36.4 Å². The first kappa shape index (κ1) is 21.1. The molecule has 29 heavy (non-hydrogen) atoms. The van der Waals surface area contributed by atoms with Crippen molar-refractivity contribution in [3.63, 3.8) is 0 Å². The average Bonchev–Trinajstić information content (AvgIpc) is 3.00. The molecule has 0 saturated carbocycles. The van der Waals surface area contributed by atoms with Gasteiger partial charge in [0.25, 0.3) is 5.91 Å². The Morgan fingerprint density at radius 1 is 1.24 bits per heavy atom. The van der Waals surface area contributed by atoms with E-state index in [9.17, 15) is 13.2 Å². The zero-order valence-electron chi connectivity index (χ0n) is 16.8. The SMILES string of the molecule is CCOc1cc2c(cc1NC(=O)c1ccc(CCNS(C)(=O)=O)cc1)OC(C)C2. The normalized spacial score (nSPS) is 15.5. The Morgan fingerprint density at radius 2 is 1.97 bits per heavy atom. The van der Waals surface area contributed by atoms with E-state index in [1.54, 1.807) is 12.1 Å². The fraction of sp³-hybridized carbons (Fsp3) is 0.381. The number of fused-ring (bicyclic) bond motifs is 1. The van der Waals surface area contributed by atoms with Crippen molar-refractivity contribution in [3.05, 3.63) is 53.1 Å². The highest BCUT2D eigenvalue weighted by Crippen LogP contribution is 2.38. The molecule has 1 amide bonds. The number of hydrogen-bond acceptors (Lipinski definition) is 5. The van der Waals surface area contributed by atoms with Crippen LogP contribution in [0.2, 0.25) is 0 Å². The van der Waals surface area contributed by atoms with Gasteiger partial charge in [-0.1, -0.05) is 12.1 Å². The van der Waals surface area contributed by atoms with Gasteiger partial charge >= 0.3 is 0 Å². The van der Waals surface area contributed by atoms with E-state index in [0.29, 0.717) is 36.6 Å². The van der Waals surface area contributed by atoms with E-state index in [0.717, 1.165) is 29.6 Å². The molecule has 1 unspecified atom stereocenters. The van der Waals surface area contributed by atoms with Crippen LogP contribution in [0.5, 0.6) is 11.5 Å². The molecule has 0 saturated heterocycles. The smallest absolute Gasteiger partial charge is 0.255 e. The Kier molecular flexibility index (Phi) is 6.44. The summed E-state index contributed by atoms with van der Waals surface area (Å²) in [6.45, 7) is 4.71. The van der Waals surface area contributed by atoms with Crippen LogP contribution in [0, 0.1) is 0 Å². The average molecular weight is 419 g/mol. The third kappa shape index (κ3) is 5.71. The fourth-order valence-corrected chi connectivity index (χ4v) is 3.68. The summed E-state index contributed by atoms with van der Waals surface area (Å²) in [5.41, 5.74) is 3.09. The van der Waals surface area contributed by atoms with Crippen molar-refractivity contribution in [2.24, 2.45) is 0 Å². The molecule has 8 heteroatoms. The zero-order valence-corrected chi connectivity index (χ0v) is 17.6. The molecule has 2 aromatic carbocycles. The summed E-state index contributed by atoms with van der Waals surface area (Å²) in [5.74, 6) is 1.14. The number of hydrogen-bond donors (Lipinski definition) is 2. The van der Waals surface area contributed by atoms with Crippen LogP contribution in [0.4, 0.5) is 5.69 Å². The van der Waals surface area contributed by atoms with Crippen LogP contribution in [-0.4, -0.2) is 39.8 Å². The number of carbonyl (C=O) groups excluding carboxylic acids is 1. The van der Waals surface area contributed by atoms with Crippen molar-refractivity contribution >= 4 is 21.6 Å². The molecular formula is C21H26N2O5S. The molecule has 2 aromatic rings. The molecule has 0 fully saturated rings. The predicted octanol–water partition coefficient (Wildman–Crippen LogP) is 2.75. The van der Waals surface area contributed by atoms with Crippen LogP contribution in [-0.2, 0) is 22.9 Å². The molecule has 2 N–H and O–H groups in total. The number of nitrogens with one attached hydrogen (secondary N) is 2. The number of benzene rings is 2.